The van der Waals surface area contributed by atoms with E-state index in [4.69, 9.17) is 4.74 Å². The Balaban J connectivity index is 1.78. The van der Waals surface area contributed by atoms with Crippen molar-refractivity contribution in [1.82, 2.24) is 5.32 Å². The van der Waals surface area contributed by atoms with Crippen molar-refractivity contribution in [3.05, 3.63) is 89.5 Å². The third kappa shape index (κ3) is 6.35. The molecule has 0 atom stereocenters. The van der Waals surface area contributed by atoms with Crippen LogP contribution >= 0.6 is 0 Å². The van der Waals surface area contributed by atoms with Gasteiger partial charge in [-0.1, -0.05) is 48.0 Å². The van der Waals surface area contributed by atoms with Crippen molar-refractivity contribution in [2.24, 2.45) is 0 Å². The standard InChI is InChI=1S/C26H30N2O4S/c1-19(2)32-23-13-11-22(12-14-23)17-27-26(29)18-28(25-8-6-5-7-21(25)4)33(30,31)24-15-9-20(3)10-16-24/h5-16,19H,17-18H2,1-4H3,(H,27,29). The molecule has 0 spiro atoms. The van der Waals surface area contributed by atoms with Crippen molar-refractivity contribution in [2.75, 3.05) is 10.8 Å². The summed E-state index contributed by atoms with van der Waals surface area (Å²) in [5.74, 6) is 0.367. The monoisotopic (exact) mass is 466 g/mol. The summed E-state index contributed by atoms with van der Waals surface area (Å²) in [6.45, 7) is 7.59. The zero-order chi connectivity index (χ0) is 24.0. The van der Waals surface area contributed by atoms with Gasteiger partial charge >= 0.3 is 0 Å². The minimum atomic E-state index is -3.93. The molecule has 174 valence electrons. The topological polar surface area (TPSA) is 75.7 Å². The van der Waals surface area contributed by atoms with Crippen LogP contribution in [-0.4, -0.2) is 27.0 Å². The number of anilines is 1. The second kappa shape index (κ2) is 10.5. The summed E-state index contributed by atoms with van der Waals surface area (Å²) in [6.07, 6.45) is 0.0819. The van der Waals surface area contributed by atoms with Crippen LogP contribution in [0.15, 0.2) is 77.7 Å². The van der Waals surface area contributed by atoms with Crippen LogP contribution in [-0.2, 0) is 21.4 Å². The lowest BCUT2D eigenvalue weighted by atomic mass is 10.2. The highest BCUT2D eigenvalue weighted by Gasteiger charge is 2.28. The highest BCUT2D eigenvalue weighted by Crippen LogP contribution is 2.26. The summed E-state index contributed by atoms with van der Waals surface area (Å²) in [6, 6.07) is 21.2. The molecule has 0 radical (unpaired) electrons. The van der Waals surface area contributed by atoms with E-state index in [0.717, 1.165) is 22.4 Å². The molecule has 0 aliphatic carbocycles. The van der Waals surface area contributed by atoms with E-state index in [-0.39, 0.29) is 24.1 Å². The number of rotatable bonds is 9. The van der Waals surface area contributed by atoms with Gasteiger partial charge in [-0.3, -0.25) is 9.10 Å². The molecule has 0 unspecified atom stereocenters. The normalized spacial score (nSPS) is 11.3. The molecule has 0 saturated heterocycles. The van der Waals surface area contributed by atoms with E-state index in [1.807, 2.05) is 64.1 Å². The quantitative estimate of drug-likeness (QED) is 0.500. The number of aryl methyl sites for hydroxylation is 2. The van der Waals surface area contributed by atoms with Crippen molar-refractivity contribution < 1.29 is 17.9 Å². The molecule has 7 heteroatoms. The predicted molar refractivity (Wildman–Crippen MR) is 131 cm³/mol. The minimum absolute atomic E-state index is 0.0819. The molecule has 0 aromatic heterocycles. The van der Waals surface area contributed by atoms with Gasteiger partial charge in [0.15, 0.2) is 0 Å². The van der Waals surface area contributed by atoms with Crippen LogP contribution in [0.3, 0.4) is 0 Å². The van der Waals surface area contributed by atoms with Crippen LogP contribution < -0.4 is 14.4 Å². The number of ether oxygens (including phenoxy) is 1. The molecule has 0 saturated carbocycles. The average molecular weight is 467 g/mol. The molecule has 0 aliphatic heterocycles. The van der Waals surface area contributed by atoms with Gasteiger partial charge < -0.3 is 10.1 Å². The largest absolute Gasteiger partial charge is 0.491 e. The fourth-order valence-corrected chi connectivity index (χ4v) is 4.81. The van der Waals surface area contributed by atoms with Crippen LogP contribution in [0.5, 0.6) is 5.75 Å². The lowest BCUT2D eigenvalue weighted by molar-refractivity contribution is -0.119. The Bertz CT molecular complexity index is 1190. The van der Waals surface area contributed by atoms with E-state index in [2.05, 4.69) is 5.32 Å². The van der Waals surface area contributed by atoms with Crippen LogP contribution in [0.1, 0.15) is 30.5 Å². The first-order valence-corrected chi connectivity index (χ1v) is 12.3. The molecule has 0 bridgehead atoms. The molecular formula is C26H30N2O4S. The van der Waals surface area contributed by atoms with Crippen molar-refractivity contribution in [1.29, 1.82) is 0 Å². The van der Waals surface area contributed by atoms with Crippen LogP contribution in [0.2, 0.25) is 0 Å². The summed E-state index contributed by atoms with van der Waals surface area (Å²) in [4.78, 5) is 13.0. The summed E-state index contributed by atoms with van der Waals surface area (Å²) in [5.41, 5.74) is 3.09. The maximum atomic E-state index is 13.5. The van der Waals surface area contributed by atoms with E-state index in [1.54, 1.807) is 36.4 Å². The number of nitrogens with zero attached hydrogens (tertiary/aromatic N) is 1. The smallest absolute Gasteiger partial charge is 0.264 e. The second-order valence-corrected chi connectivity index (χ2v) is 10.1. The Morgan fingerprint density at radius 1 is 0.939 bits per heavy atom. The van der Waals surface area contributed by atoms with Crippen molar-refractivity contribution >= 4 is 21.6 Å². The van der Waals surface area contributed by atoms with E-state index in [0.29, 0.717) is 5.69 Å². The van der Waals surface area contributed by atoms with E-state index < -0.39 is 15.9 Å². The summed E-state index contributed by atoms with van der Waals surface area (Å²) >= 11 is 0. The number of sulfonamides is 1. The van der Waals surface area contributed by atoms with E-state index >= 15 is 0 Å². The Kier molecular flexibility index (Phi) is 7.76. The van der Waals surface area contributed by atoms with Gasteiger partial charge in [-0.05, 0) is 69.2 Å². The number of hydrogen-bond donors (Lipinski definition) is 1. The SMILES string of the molecule is Cc1ccc(S(=O)(=O)N(CC(=O)NCc2ccc(OC(C)C)cc2)c2ccccc2C)cc1. The Morgan fingerprint density at radius 3 is 2.18 bits per heavy atom. The molecule has 0 heterocycles. The van der Waals surface area contributed by atoms with Gasteiger partial charge in [0.1, 0.15) is 12.3 Å². The summed E-state index contributed by atoms with van der Waals surface area (Å²) < 4.78 is 33.7. The molecule has 3 aromatic carbocycles. The predicted octanol–water partition coefficient (Wildman–Crippen LogP) is 4.60. The van der Waals surface area contributed by atoms with Crippen LogP contribution in [0, 0.1) is 13.8 Å². The van der Waals surface area contributed by atoms with Gasteiger partial charge in [0.2, 0.25) is 5.91 Å². The fourth-order valence-electron chi connectivity index (χ4n) is 3.33. The zero-order valence-electron chi connectivity index (χ0n) is 19.4. The Hall–Kier alpha value is -3.32. The van der Waals surface area contributed by atoms with E-state index in [9.17, 15) is 13.2 Å². The number of nitrogens with one attached hydrogen (secondary N) is 1. The minimum Gasteiger partial charge on any atom is -0.491 e. The number of carbonyl (C=O) groups is 1. The second-order valence-electron chi connectivity index (χ2n) is 8.20. The zero-order valence-corrected chi connectivity index (χ0v) is 20.2. The summed E-state index contributed by atoms with van der Waals surface area (Å²) in [7, 11) is -3.93. The maximum Gasteiger partial charge on any atom is 0.264 e. The molecule has 3 rings (SSSR count). The average Bonchev–Trinajstić information content (AvgIpc) is 2.77. The van der Waals surface area contributed by atoms with Crippen LogP contribution in [0.25, 0.3) is 0 Å². The van der Waals surface area contributed by atoms with Crippen molar-refractivity contribution in [2.45, 2.75) is 45.2 Å². The van der Waals surface area contributed by atoms with Gasteiger partial charge in [-0.25, -0.2) is 8.42 Å². The van der Waals surface area contributed by atoms with Crippen molar-refractivity contribution in [3.8, 4) is 5.75 Å². The van der Waals surface area contributed by atoms with Gasteiger partial charge in [-0.15, -0.1) is 0 Å². The Labute approximate surface area is 196 Å². The van der Waals surface area contributed by atoms with Crippen LogP contribution in [0.4, 0.5) is 5.69 Å². The highest BCUT2D eigenvalue weighted by molar-refractivity contribution is 7.92. The van der Waals surface area contributed by atoms with Gasteiger partial charge in [0.25, 0.3) is 10.0 Å². The number of para-hydroxylation sites is 1. The highest BCUT2D eigenvalue weighted by atomic mass is 32.2. The molecule has 1 N–H and O–H groups in total. The first-order chi connectivity index (χ1) is 15.7. The number of carbonyl (C=O) groups excluding carboxylic acids is 1. The van der Waals surface area contributed by atoms with Gasteiger partial charge in [0.05, 0.1) is 16.7 Å². The molecule has 33 heavy (non-hydrogen) atoms. The number of amides is 1. The lowest BCUT2D eigenvalue weighted by Gasteiger charge is -2.25. The molecule has 1 amide bonds. The summed E-state index contributed by atoms with van der Waals surface area (Å²) in [5, 5.41) is 2.83. The third-order valence-corrected chi connectivity index (χ3v) is 6.84. The van der Waals surface area contributed by atoms with Crippen molar-refractivity contribution in [3.63, 3.8) is 0 Å². The third-order valence-electron chi connectivity index (χ3n) is 5.07. The number of hydrogen-bond acceptors (Lipinski definition) is 4. The maximum absolute atomic E-state index is 13.5. The molecule has 6 nitrogen and oxygen atoms in total. The molecule has 0 aliphatic rings. The first kappa shape index (κ1) is 24.3. The molecule has 0 fully saturated rings. The van der Waals surface area contributed by atoms with E-state index in [1.165, 1.54) is 4.31 Å². The molecular weight excluding hydrogens is 436 g/mol. The first-order valence-electron chi connectivity index (χ1n) is 10.8. The fraction of sp³-hybridized carbons (Fsp3) is 0.269. The van der Waals surface area contributed by atoms with Gasteiger partial charge in [0, 0.05) is 6.54 Å². The molecule has 3 aromatic rings. The van der Waals surface area contributed by atoms with Gasteiger partial charge in [-0.2, -0.15) is 0 Å². The number of benzene rings is 3. The lowest BCUT2D eigenvalue weighted by Crippen LogP contribution is -2.41. The Morgan fingerprint density at radius 2 is 1.58 bits per heavy atom.